The summed E-state index contributed by atoms with van der Waals surface area (Å²) in [7, 11) is 0. The van der Waals surface area contributed by atoms with E-state index in [-0.39, 0.29) is 27.3 Å². The molecule has 1 heterocycles. The van der Waals surface area contributed by atoms with Gasteiger partial charge in [0.25, 0.3) is 0 Å². The first-order valence-electron chi connectivity index (χ1n) is 6.75. The summed E-state index contributed by atoms with van der Waals surface area (Å²) in [6.45, 7) is 0. The minimum absolute atomic E-state index is 0.161. The number of rotatable bonds is 3. The topological polar surface area (TPSA) is 37.4 Å². The van der Waals surface area contributed by atoms with Gasteiger partial charge in [-0.15, -0.1) is 0 Å². The van der Waals surface area contributed by atoms with Crippen LogP contribution in [-0.4, -0.2) is 31.1 Å². The van der Waals surface area contributed by atoms with E-state index in [0.29, 0.717) is 11.1 Å². The van der Waals surface area contributed by atoms with Gasteiger partial charge < -0.3 is 3.88 Å². The molecule has 0 saturated carbocycles. The number of hydrogen-bond donors (Lipinski definition) is 0. The van der Waals surface area contributed by atoms with Crippen LogP contribution in [0.15, 0.2) is 48.5 Å². The average Bonchev–Trinajstić information content (AvgIpc) is 2.77. The third-order valence-corrected chi connectivity index (χ3v) is 4.45. The monoisotopic (exact) mass is 290 g/mol. The van der Waals surface area contributed by atoms with Crippen molar-refractivity contribution in [2.75, 3.05) is 0 Å². The van der Waals surface area contributed by atoms with Crippen LogP contribution in [0.25, 0.3) is 12.2 Å². The highest BCUT2D eigenvalue weighted by Crippen LogP contribution is 2.24. The summed E-state index contributed by atoms with van der Waals surface area (Å²) in [6, 6.07) is 15.4. The molecule has 0 unspecified atom stereocenters. The Morgan fingerprint density at radius 2 is 1.52 bits per heavy atom. The Balaban J connectivity index is 1.92. The summed E-state index contributed by atoms with van der Waals surface area (Å²) in [5, 5.41) is 0. The quantitative estimate of drug-likeness (QED) is 0.495. The third kappa shape index (κ3) is 2.56. The molecule has 0 spiro atoms. The zero-order valence-electron chi connectivity index (χ0n) is 11.6. The predicted octanol–water partition coefficient (Wildman–Crippen LogP) is 3.12. The number of amides is 2. The summed E-state index contributed by atoms with van der Waals surface area (Å²) in [6.07, 6.45) is 3.95. The van der Waals surface area contributed by atoms with E-state index in [1.807, 2.05) is 54.3 Å². The van der Waals surface area contributed by atoms with E-state index in [0.717, 1.165) is 11.1 Å². The maximum atomic E-state index is 12.2. The Morgan fingerprint density at radius 1 is 0.857 bits per heavy atom. The van der Waals surface area contributed by atoms with Gasteiger partial charge in [-0.3, -0.25) is 9.59 Å². The Bertz CT molecular complexity index is 738. The van der Waals surface area contributed by atoms with Crippen molar-refractivity contribution in [3.8, 4) is 0 Å². The largest absolute Gasteiger partial charge is 0.384 e. The number of hydrogen-bond acceptors (Lipinski definition) is 2. The van der Waals surface area contributed by atoms with Crippen LogP contribution in [0, 0.1) is 0 Å². The molecule has 1 radical (unpaired) electrons. The molecule has 1 aliphatic rings. The molecule has 3 rings (SSSR count). The number of carbonyl (C=O) groups is 2. The van der Waals surface area contributed by atoms with Crippen molar-refractivity contribution in [2.24, 2.45) is 0 Å². The van der Waals surface area contributed by atoms with Gasteiger partial charge in [-0.25, -0.2) is 0 Å². The van der Waals surface area contributed by atoms with E-state index in [1.165, 1.54) is 3.88 Å². The van der Waals surface area contributed by atoms with E-state index < -0.39 is 0 Å². The number of fused-ring (bicyclic) bond motifs is 1. The summed E-state index contributed by atoms with van der Waals surface area (Å²) in [4.78, 5) is 24.2. The van der Waals surface area contributed by atoms with Crippen molar-refractivity contribution >= 4 is 39.4 Å². The Morgan fingerprint density at radius 3 is 2.24 bits per heavy atom. The highest BCUT2D eigenvalue weighted by molar-refractivity contribution is 6.47. The molecule has 0 aromatic heterocycles. The predicted molar refractivity (Wildman–Crippen MR) is 83.9 cm³/mol. The van der Waals surface area contributed by atoms with Crippen LogP contribution in [-0.2, 0) is 0 Å². The van der Waals surface area contributed by atoms with Gasteiger partial charge in [0.2, 0.25) is 11.8 Å². The summed E-state index contributed by atoms with van der Waals surface area (Å²) >= 11 is -0.329. The smallest absolute Gasteiger partial charge is 0.379 e. The highest BCUT2D eigenvalue weighted by atomic mass is 27.1. The molecule has 4 heteroatoms. The summed E-state index contributed by atoms with van der Waals surface area (Å²) in [5.41, 5.74) is 3.06. The van der Waals surface area contributed by atoms with Gasteiger partial charge in [0.1, 0.15) is 0 Å². The zero-order valence-corrected chi connectivity index (χ0v) is 12.8. The number of benzene rings is 2. The minimum Gasteiger partial charge on any atom is -0.379 e. The van der Waals surface area contributed by atoms with Crippen LogP contribution in [0.1, 0.15) is 31.8 Å². The van der Waals surface area contributed by atoms with Crippen molar-refractivity contribution in [3.63, 3.8) is 0 Å². The number of carbonyl (C=O) groups excluding carboxylic acids is 2. The lowest BCUT2D eigenvalue weighted by molar-refractivity contribution is 0.0762. The van der Waals surface area contributed by atoms with Crippen LogP contribution in [0.2, 0.25) is 5.79 Å². The van der Waals surface area contributed by atoms with Gasteiger partial charge in [0.15, 0.2) is 0 Å². The molecule has 0 aliphatic carbocycles. The fraction of sp³-hybridized carbons (Fsp3) is 0.0588. The molecule has 2 aromatic carbocycles. The molecule has 0 N–H and O–H groups in total. The lowest BCUT2D eigenvalue weighted by Gasteiger charge is -2.09. The van der Waals surface area contributed by atoms with Crippen molar-refractivity contribution in [1.82, 2.24) is 3.88 Å². The van der Waals surface area contributed by atoms with Crippen molar-refractivity contribution in [3.05, 3.63) is 70.8 Å². The Labute approximate surface area is 129 Å². The molecular weight excluding hydrogens is 277 g/mol. The fourth-order valence-corrected chi connectivity index (χ4v) is 3.12. The molecule has 21 heavy (non-hydrogen) atoms. The zero-order chi connectivity index (χ0) is 14.8. The second kappa shape index (κ2) is 5.69. The molecule has 0 bridgehead atoms. The molecule has 0 fully saturated rings. The van der Waals surface area contributed by atoms with Crippen molar-refractivity contribution < 1.29 is 9.59 Å². The van der Waals surface area contributed by atoms with E-state index in [1.54, 1.807) is 12.1 Å². The molecule has 0 saturated heterocycles. The van der Waals surface area contributed by atoms with Crippen LogP contribution in [0.4, 0.5) is 0 Å². The molecule has 2 amide bonds. The van der Waals surface area contributed by atoms with Crippen molar-refractivity contribution in [1.29, 1.82) is 0 Å². The first-order valence-corrected chi connectivity index (χ1v) is 8.42. The minimum atomic E-state index is -0.329. The van der Waals surface area contributed by atoms with Crippen LogP contribution >= 0.6 is 0 Å². The maximum absolute atomic E-state index is 12.2. The lowest BCUT2D eigenvalue weighted by atomic mass is 10.0. The van der Waals surface area contributed by atoms with E-state index in [4.69, 9.17) is 0 Å². The SMILES string of the molecule is [CH3][Al][N]1C(=O)c2ccc(/C=C\c3ccccc3)cc2C1=O. The molecule has 3 nitrogen and oxygen atoms in total. The maximum Gasteiger partial charge on any atom is 0.384 e. The van der Waals surface area contributed by atoms with Gasteiger partial charge in [-0.05, 0) is 23.3 Å². The fourth-order valence-electron chi connectivity index (χ4n) is 2.37. The van der Waals surface area contributed by atoms with Gasteiger partial charge in [-0.1, -0.05) is 54.3 Å². The van der Waals surface area contributed by atoms with Crippen LogP contribution in [0.3, 0.4) is 0 Å². The van der Waals surface area contributed by atoms with Gasteiger partial charge in [-0.2, -0.15) is 0 Å². The second-order valence-electron chi connectivity index (χ2n) is 4.79. The number of imide groups is 1. The molecule has 101 valence electrons. The van der Waals surface area contributed by atoms with Gasteiger partial charge >= 0.3 is 15.4 Å². The summed E-state index contributed by atoms with van der Waals surface area (Å²) < 4.78 is 1.36. The standard InChI is InChI=1S/C16H11NO2.CH3.Al/c18-15-13-9-8-12(10-14(13)16(19)17-15)7-6-11-4-2-1-3-5-11;;/h1-10H,(H,17,18,19);1H3;/q;;+1/p-1/b7-6-;;. The highest BCUT2D eigenvalue weighted by Gasteiger charge is 2.33. The van der Waals surface area contributed by atoms with E-state index in [2.05, 4.69) is 0 Å². The third-order valence-electron chi connectivity index (χ3n) is 3.47. The first-order chi connectivity index (χ1) is 10.2. The molecular formula is C17H13AlNO2. The lowest BCUT2D eigenvalue weighted by Crippen LogP contribution is -2.31. The average molecular weight is 290 g/mol. The van der Waals surface area contributed by atoms with Crippen molar-refractivity contribution in [2.45, 2.75) is 5.79 Å². The van der Waals surface area contributed by atoms with Gasteiger partial charge in [0, 0.05) is 0 Å². The Kier molecular flexibility index (Phi) is 3.74. The Hall–Kier alpha value is -2.15. The summed E-state index contributed by atoms with van der Waals surface area (Å²) in [5.74, 6) is 1.56. The first kappa shape index (κ1) is 13.8. The van der Waals surface area contributed by atoms with Gasteiger partial charge in [0.05, 0.1) is 11.1 Å². The van der Waals surface area contributed by atoms with E-state index >= 15 is 0 Å². The molecule has 0 atom stereocenters. The van der Waals surface area contributed by atoms with Crippen LogP contribution in [0.5, 0.6) is 0 Å². The number of nitrogens with zero attached hydrogens (tertiary/aromatic N) is 1. The normalized spacial score (nSPS) is 13.9. The van der Waals surface area contributed by atoms with Crippen LogP contribution < -0.4 is 0 Å². The second-order valence-corrected chi connectivity index (χ2v) is 5.82. The molecule has 1 aliphatic heterocycles. The molecule has 2 aromatic rings. The van der Waals surface area contributed by atoms with E-state index in [9.17, 15) is 9.59 Å².